The molecular weight excluding hydrogens is 445 g/mol. The number of esters is 1. The summed E-state index contributed by atoms with van der Waals surface area (Å²) in [6.07, 6.45) is 1.35. The molecule has 2 saturated heterocycles. The van der Waals surface area contributed by atoms with Crippen LogP contribution in [0.4, 0.5) is 5.69 Å². The molecule has 2 aromatic rings. The molecule has 0 radical (unpaired) electrons. The highest BCUT2D eigenvalue weighted by atomic mass is 16.7. The van der Waals surface area contributed by atoms with Crippen molar-refractivity contribution in [1.29, 1.82) is 0 Å². The van der Waals surface area contributed by atoms with Crippen LogP contribution in [0.3, 0.4) is 0 Å². The van der Waals surface area contributed by atoms with Crippen molar-refractivity contribution in [1.82, 2.24) is 9.78 Å². The van der Waals surface area contributed by atoms with Crippen LogP contribution in [0.1, 0.15) is 44.1 Å². The lowest BCUT2D eigenvalue weighted by atomic mass is 9.78. The van der Waals surface area contributed by atoms with E-state index in [-0.39, 0.29) is 41.8 Å². The number of nitrogens with zero attached hydrogens (tertiary/aromatic N) is 3. The molecule has 0 aliphatic carbocycles. The monoisotopic (exact) mass is 473 g/mol. The van der Waals surface area contributed by atoms with Crippen molar-refractivity contribution in [3.63, 3.8) is 0 Å². The number of hydrogen-bond acceptors (Lipinski definition) is 9. The van der Waals surface area contributed by atoms with E-state index in [0.29, 0.717) is 18.7 Å². The van der Waals surface area contributed by atoms with Gasteiger partial charge in [0, 0.05) is 6.07 Å². The summed E-state index contributed by atoms with van der Waals surface area (Å²) in [4.78, 5) is 24.2. The largest absolute Gasteiger partial charge is 0.495 e. The molecule has 0 bridgehead atoms. The number of carbonyl (C=O) groups is 1. The highest BCUT2D eigenvalue weighted by molar-refractivity contribution is 6.62. The topological polar surface area (TPSA) is 124 Å². The fourth-order valence-electron chi connectivity index (χ4n) is 3.94. The van der Waals surface area contributed by atoms with Crippen molar-refractivity contribution in [2.24, 2.45) is 0 Å². The summed E-state index contributed by atoms with van der Waals surface area (Å²) < 4.78 is 29.7. The number of benzene rings is 1. The molecule has 2 aliphatic rings. The molecule has 0 amide bonds. The molecule has 11 nitrogen and oxygen atoms in total. The zero-order valence-electron chi connectivity index (χ0n) is 19.9. The van der Waals surface area contributed by atoms with E-state index in [0.717, 1.165) is 0 Å². The Morgan fingerprint density at radius 3 is 2.35 bits per heavy atom. The lowest BCUT2D eigenvalue weighted by molar-refractivity contribution is -0.384. The van der Waals surface area contributed by atoms with E-state index in [4.69, 9.17) is 23.5 Å². The Hall–Kier alpha value is -2.80. The van der Waals surface area contributed by atoms with Crippen LogP contribution >= 0.6 is 0 Å². The SMILES string of the molecule is COC(=O)c1cnn(C2COCCOC2)c1-c1ccc(B2OC(C)(C)C(C)(C)O2)cc1[N+](=O)[O-]. The molecule has 182 valence electrons. The molecule has 4 rings (SSSR count). The maximum absolute atomic E-state index is 12.5. The van der Waals surface area contributed by atoms with Crippen molar-refractivity contribution in [2.45, 2.75) is 44.9 Å². The highest BCUT2D eigenvalue weighted by Gasteiger charge is 2.52. The Morgan fingerprint density at radius 1 is 1.18 bits per heavy atom. The van der Waals surface area contributed by atoms with Crippen molar-refractivity contribution < 1.29 is 33.2 Å². The van der Waals surface area contributed by atoms with E-state index in [1.807, 2.05) is 27.7 Å². The third kappa shape index (κ3) is 4.34. The Labute approximate surface area is 197 Å². The van der Waals surface area contributed by atoms with Gasteiger partial charge in [-0.25, -0.2) is 4.79 Å². The van der Waals surface area contributed by atoms with Crippen LogP contribution in [-0.2, 0) is 23.5 Å². The summed E-state index contributed by atoms with van der Waals surface area (Å²) in [5.74, 6) is -0.652. The Kier molecular flexibility index (Phi) is 6.51. The first-order valence-electron chi connectivity index (χ1n) is 11.0. The molecule has 0 atom stereocenters. The summed E-state index contributed by atoms with van der Waals surface area (Å²) in [7, 11) is 0.475. The van der Waals surface area contributed by atoms with Crippen LogP contribution < -0.4 is 5.46 Å². The first kappa shape index (κ1) is 24.3. The van der Waals surface area contributed by atoms with Crippen LogP contribution in [0.15, 0.2) is 24.4 Å². The van der Waals surface area contributed by atoms with Crippen molar-refractivity contribution in [3.05, 3.63) is 40.1 Å². The van der Waals surface area contributed by atoms with E-state index < -0.39 is 29.2 Å². The van der Waals surface area contributed by atoms with Crippen LogP contribution in [-0.4, -0.2) is 72.5 Å². The fourth-order valence-corrected chi connectivity index (χ4v) is 3.94. The van der Waals surface area contributed by atoms with Crippen LogP contribution in [0.5, 0.6) is 0 Å². The zero-order valence-corrected chi connectivity index (χ0v) is 19.9. The lowest BCUT2D eigenvalue weighted by Gasteiger charge is -2.32. The van der Waals surface area contributed by atoms with E-state index in [9.17, 15) is 14.9 Å². The minimum atomic E-state index is -0.772. The average molecular weight is 473 g/mol. The minimum absolute atomic E-state index is 0.109. The van der Waals surface area contributed by atoms with Gasteiger partial charge >= 0.3 is 13.1 Å². The number of carbonyl (C=O) groups excluding carboxylic acids is 1. The molecule has 0 saturated carbocycles. The van der Waals surface area contributed by atoms with Crippen molar-refractivity contribution in [3.8, 4) is 11.3 Å². The van der Waals surface area contributed by atoms with Gasteiger partial charge in [-0.05, 0) is 39.2 Å². The number of methoxy groups -OCH3 is 1. The van der Waals surface area contributed by atoms with Gasteiger partial charge in [-0.15, -0.1) is 0 Å². The van der Waals surface area contributed by atoms with E-state index in [1.54, 1.807) is 12.1 Å². The summed E-state index contributed by atoms with van der Waals surface area (Å²) in [6.45, 7) is 9.08. The fraction of sp³-hybridized carbons (Fsp3) is 0.545. The van der Waals surface area contributed by atoms with Gasteiger partial charge in [0.1, 0.15) is 5.56 Å². The number of rotatable bonds is 5. The van der Waals surface area contributed by atoms with Crippen LogP contribution in [0.2, 0.25) is 0 Å². The average Bonchev–Trinajstić information content (AvgIpc) is 3.17. The minimum Gasteiger partial charge on any atom is -0.465 e. The quantitative estimate of drug-likeness (QED) is 0.278. The summed E-state index contributed by atoms with van der Waals surface area (Å²) in [5, 5.41) is 16.5. The van der Waals surface area contributed by atoms with E-state index in [1.165, 1.54) is 24.1 Å². The zero-order chi connectivity index (χ0) is 24.7. The van der Waals surface area contributed by atoms with Crippen molar-refractivity contribution >= 4 is 24.2 Å². The van der Waals surface area contributed by atoms with E-state index in [2.05, 4.69) is 5.10 Å². The lowest BCUT2D eigenvalue weighted by Crippen LogP contribution is -2.41. The molecular formula is C22H28BN3O8. The molecule has 0 N–H and O–H groups in total. The number of ether oxygens (including phenoxy) is 3. The third-order valence-electron chi connectivity index (χ3n) is 6.54. The van der Waals surface area contributed by atoms with Gasteiger partial charge in [0.25, 0.3) is 5.69 Å². The van der Waals surface area contributed by atoms with Gasteiger partial charge in [-0.2, -0.15) is 5.10 Å². The van der Waals surface area contributed by atoms with Gasteiger partial charge in [0.15, 0.2) is 0 Å². The molecule has 3 heterocycles. The highest BCUT2D eigenvalue weighted by Crippen LogP contribution is 2.38. The molecule has 2 aliphatic heterocycles. The maximum atomic E-state index is 12.5. The molecule has 1 aromatic heterocycles. The maximum Gasteiger partial charge on any atom is 0.495 e. The number of nitro groups is 1. The normalized spacial score (nSPS) is 20.2. The van der Waals surface area contributed by atoms with E-state index >= 15 is 0 Å². The number of nitro benzene ring substituents is 1. The molecule has 12 heteroatoms. The summed E-state index contributed by atoms with van der Waals surface area (Å²) in [5.41, 5.74) is -0.318. The molecule has 0 spiro atoms. The smallest absolute Gasteiger partial charge is 0.465 e. The number of hydrogen-bond donors (Lipinski definition) is 0. The molecule has 0 unspecified atom stereocenters. The molecule has 34 heavy (non-hydrogen) atoms. The van der Waals surface area contributed by atoms with Crippen LogP contribution in [0, 0.1) is 10.1 Å². The van der Waals surface area contributed by atoms with Gasteiger partial charge in [0.05, 0.1) is 73.2 Å². The first-order chi connectivity index (χ1) is 16.1. The third-order valence-corrected chi connectivity index (χ3v) is 6.54. The van der Waals surface area contributed by atoms with Gasteiger partial charge in [-0.1, -0.05) is 6.07 Å². The predicted molar refractivity (Wildman–Crippen MR) is 122 cm³/mol. The molecule has 1 aromatic carbocycles. The second-order valence-electron chi connectivity index (χ2n) is 9.27. The summed E-state index contributed by atoms with van der Waals surface area (Å²) in [6, 6.07) is 4.31. The van der Waals surface area contributed by atoms with Crippen LogP contribution in [0.25, 0.3) is 11.3 Å². The van der Waals surface area contributed by atoms with Crippen molar-refractivity contribution in [2.75, 3.05) is 33.5 Å². The van der Waals surface area contributed by atoms with Gasteiger partial charge < -0.3 is 23.5 Å². The Morgan fingerprint density at radius 2 is 1.79 bits per heavy atom. The van der Waals surface area contributed by atoms with Gasteiger partial charge in [-0.3, -0.25) is 14.8 Å². The predicted octanol–water partition coefficient (Wildman–Crippen LogP) is 2.13. The first-order valence-corrected chi connectivity index (χ1v) is 11.0. The summed E-state index contributed by atoms with van der Waals surface area (Å²) >= 11 is 0. The molecule has 2 fully saturated rings. The second kappa shape index (κ2) is 9.10. The van der Waals surface area contributed by atoms with Gasteiger partial charge in [0.2, 0.25) is 0 Å². The standard InChI is InChI=1S/C22H28BN3O8/c1-21(2)22(3,4)34-23(33-21)14-6-7-16(18(10-14)26(28)29)19-17(20(27)30-5)11-24-25(19)15-12-31-8-9-32-13-15/h6-7,10-11,15H,8-9,12-13H2,1-5H3. The number of aromatic nitrogens is 2. The Balaban J connectivity index is 1.82. The Bertz CT molecular complexity index is 1080. The second-order valence-corrected chi connectivity index (χ2v) is 9.27.